The molecule has 3 rings (SSSR count). The van der Waals surface area contributed by atoms with E-state index < -0.39 is 0 Å². The second kappa shape index (κ2) is 5.19. The summed E-state index contributed by atoms with van der Waals surface area (Å²) in [4.78, 5) is 16.6. The Morgan fingerprint density at radius 1 is 1.30 bits per heavy atom. The number of nitrogens with zero attached hydrogens (tertiary/aromatic N) is 2. The quantitative estimate of drug-likeness (QED) is 0.906. The van der Waals surface area contributed by atoms with Crippen LogP contribution in [0.5, 0.6) is 0 Å². The molecule has 1 aromatic rings. The molecule has 2 fully saturated rings. The molecule has 20 heavy (non-hydrogen) atoms. The van der Waals surface area contributed by atoms with Crippen molar-refractivity contribution in [3.8, 4) is 0 Å². The fourth-order valence-corrected chi connectivity index (χ4v) is 3.61. The van der Waals surface area contributed by atoms with Crippen LogP contribution in [-0.4, -0.2) is 48.7 Å². The minimum absolute atomic E-state index is 0.0918. The topological polar surface area (TPSA) is 43.8 Å². The van der Waals surface area contributed by atoms with E-state index in [2.05, 4.69) is 17.9 Å². The average molecular weight is 274 g/mol. The van der Waals surface area contributed by atoms with Crippen LogP contribution >= 0.6 is 0 Å². The van der Waals surface area contributed by atoms with E-state index in [1.807, 2.05) is 23.1 Å². The molecule has 2 aliphatic rings. The predicted octanol–water partition coefficient (Wildman–Crippen LogP) is 1.42. The third kappa shape index (κ3) is 2.34. The lowest BCUT2D eigenvalue weighted by atomic mass is 9.86. The number of aryl methyl sites for hydroxylation is 1. The highest BCUT2D eigenvalue weighted by Crippen LogP contribution is 2.42. The maximum Gasteiger partial charge on any atom is 0.227 e. The smallest absolute Gasteiger partial charge is 0.227 e. The summed E-state index contributed by atoms with van der Waals surface area (Å²) in [6.07, 6.45) is 1.70. The Morgan fingerprint density at radius 2 is 2.10 bits per heavy atom. The van der Waals surface area contributed by atoms with Crippen molar-refractivity contribution >= 4 is 11.6 Å². The van der Waals surface area contributed by atoms with Gasteiger partial charge in [-0.05, 0) is 31.5 Å². The number of carbonyl (C=O) groups is 1. The number of hydrogen-bond acceptors (Lipinski definition) is 3. The second-order valence-electron chi connectivity index (χ2n) is 6.19. The molecule has 1 N–H and O–H groups in total. The molecule has 1 atom stereocenters. The minimum atomic E-state index is 0.0918. The molecule has 0 bridgehead atoms. The van der Waals surface area contributed by atoms with Crippen LogP contribution in [0.4, 0.5) is 5.69 Å². The van der Waals surface area contributed by atoms with Gasteiger partial charge in [0.05, 0.1) is 6.61 Å². The van der Waals surface area contributed by atoms with Gasteiger partial charge in [-0.1, -0.05) is 18.2 Å². The zero-order chi connectivity index (χ0) is 14.2. The SMILES string of the molecule is Cc1ccccc1N1CC2(CCN(CCO)C2)CC1=O. The summed E-state index contributed by atoms with van der Waals surface area (Å²) in [6.45, 7) is 5.72. The lowest BCUT2D eigenvalue weighted by Gasteiger charge is -2.24. The average Bonchev–Trinajstić information content (AvgIpc) is 2.95. The van der Waals surface area contributed by atoms with E-state index in [1.54, 1.807) is 0 Å². The maximum absolute atomic E-state index is 12.4. The first-order valence-corrected chi connectivity index (χ1v) is 7.33. The zero-order valence-electron chi connectivity index (χ0n) is 12.0. The van der Waals surface area contributed by atoms with E-state index >= 15 is 0 Å². The molecule has 0 radical (unpaired) electrons. The molecule has 1 unspecified atom stereocenters. The number of hydrogen-bond donors (Lipinski definition) is 1. The normalized spacial score (nSPS) is 26.9. The molecule has 2 saturated heterocycles. The fraction of sp³-hybridized carbons (Fsp3) is 0.562. The van der Waals surface area contributed by atoms with Gasteiger partial charge < -0.3 is 14.9 Å². The molecule has 0 saturated carbocycles. The number of aliphatic hydroxyl groups is 1. The van der Waals surface area contributed by atoms with Crippen molar-refractivity contribution in [2.24, 2.45) is 5.41 Å². The number of rotatable bonds is 3. The Labute approximate surface area is 120 Å². The summed E-state index contributed by atoms with van der Waals surface area (Å²) in [5.74, 6) is 0.241. The minimum Gasteiger partial charge on any atom is -0.395 e. The lowest BCUT2D eigenvalue weighted by molar-refractivity contribution is -0.117. The van der Waals surface area contributed by atoms with Gasteiger partial charge in [-0.2, -0.15) is 0 Å². The molecule has 4 nitrogen and oxygen atoms in total. The Bertz CT molecular complexity index is 517. The Kier molecular flexibility index (Phi) is 3.52. The Hall–Kier alpha value is -1.39. The lowest BCUT2D eigenvalue weighted by Crippen LogP contribution is -2.32. The third-order valence-corrected chi connectivity index (χ3v) is 4.66. The number of β-amino-alcohol motifs (C(OH)–C–C–N with tert-alkyl or cyclic N) is 1. The number of carbonyl (C=O) groups excluding carboxylic acids is 1. The number of aliphatic hydroxyl groups excluding tert-OH is 1. The summed E-state index contributed by atoms with van der Waals surface area (Å²) in [7, 11) is 0. The van der Waals surface area contributed by atoms with Gasteiger partial charge in [-0.15, -0.1) is 0 Å². The summed E-state index contributed by atoms with van der Waals surface area (Å²) in [5, 5.41) is 9.06. The van der Waals surface area contributed by atoms with Crippen molar-refractivity contribution in [3.63, 3.8) is 0 Å². The highest BCUT2D eigenvalue weighted by atomic mass is 16.3. The molecule has 4 heteroatoms. The van der Waals surface area contributed by atoms with Gasteiger partial charge in [-0.25, -0.2) is 0 Å². The van der Waals surface area contributed by atoms with Gasteiger partial charge >= 0.3 is 0 Å². The first-order chi connectivity index (χ1) is 9.63. The van der Waals surface area contributed by atoms with Crippen molar-refractivity contribution in [3.05, 3.63) is 29.8 Å². The third-order valence-electron chi connectivity index (χ3n) is 4.66. The number of benzene rings is 1. The summed E-state index contributed by atoms with van der Waals surface area (Å²) >= 11 is 0. The van der Waals surface area contributed by atoms with Crippen LogP contribution in [0.1, 0.15) is 18.4 Å². The number of para-hydroxylation sites is 1. The van der Waals surface area contributed by atoms with Gasteiger partial charge in [0.15, 0.2) is 0 Å². The number of amides is 1. The molecular weight excluding hydrogens is 252 g/mol. The van der Waals surface area contributed by atoms with Crippen LogP contribution in [0.15, 0.2) is 24.3 Å². The van der Waals surface area contributed by atoms with E-state index in [0.717, 1.165) is 43.9 Å². The first-order valence-electron chi connectivity index (χ1n) is 7.33. The maximum atomic E-state index is 12.4. The molecule has 1 spiro atoms. The van der Waals surface area contributed by atoms with Crippen molar-refractivity contribution in [1.82, 2.24) is 4.90 Å². The molecular formula is C16H22N2O2. The van der Waals surface area contributed by atoms with E-state index in [-0.39, 0.29) is 17.9 Å². The number of likely N-dealkylation sites (tertiary alicyclic amines) is 1. The Balaban J connectivity index is 1.78. The zero-order valence-corrected chi connectivity index (χ0v) is 12.0. The van der Waals surface area contributed by atoms with Crippen molar-refractivity contribution in [2.45, 2.75) is 19.8 Å². The van der Waals surface area contributed by atoms with Crippen LogP contribution in [0.25, 0.3) is 0 Å². The monoisotopic (exact) mass is 274 g/mol. The van der Waals surface area contributed by atoms with Gasteiger partial charge in [0.2, 0.25) is 5.91 Å². The molecule has 0 aliphatic carbocycles. The summed E-state index contributed by atoms with van der Waals surface area (Å²) in [5.41, 5.74) is 2.30. The van der Waals surface area contributed by atoms with E-state index in [0.29, 0.717) is 6.42 Å². The van der Waals surface area contributed by atoms with Gasteiger partial charge in [0.1, 0.15) is 0 Å². The van der Waals surface area contributed by atoms with Crippen LogP contribution in [0, 0.1) is 12.3 Å². The molecule has 1 amide bonds. The highest BCUT2D eigenvalue weighted by molar-refractivity contribution is 5.97. The van der Waals surface area contributed by atoms with E-state index in [4.69, 9.17) is 5.11 Å². The molecule has 108 valence electrons. The summed E-state index contributed by atoms with van der Waals surface area (Å²) < 4.78 is 0. The second-order valence-corrected chi connectivity index (χ2v) is 6.19. The van der Waals surface area contributed by atoms with Crippen LogP contribution < -0.4 is 4.90 Å². The molecule has 1 aromatic carbocycles. The van der Waals surface area contributed by atoms with Crippen LogP contribution in [0.2, 0.25) is 0 Å². The largest absolute Gasteiger partial charge is 0.395 e. The number of anilines is 1. The summed E-state index contributed by atoms with van der Waals surface area (Å²) in [6, 6.07) is 8.09. The molecule has 0 aromatic heterocycles. The van der Waals surface area contributed by atoms with Crippen molar-refractivity contribution in [2.75, 3.05) is 37.7 Å². The molecule has 2 heterocycles. The van der Waals surface area contributed by atoms with Gasteiger partial charge in [0.25, 0.3) is 0 Å². The first kappa shape index (κ1) is 13.6. The van der Waals surface area contributed by atoms with Gasteiger partial charge in [0, 0.05) is 37.2 Å². The van der Waals surface area contributed by atoms with Crippen molar-refractivity contribution in [1.29, 1.82) is 0 Å². The van der Waals surface area contributed by atoms with Crippen molar-refractivity contribution < 1.29 is 9.90 Å². The highest BCUT2D eigenvalue weighted by Gasteiger charge is 2.47. The predicted molar refractivity (Wildman–Crippen MR) is 78.7 cm³/mol. The molecule has 2 aliphatic heterocycles. The van der Waals surface area contributed by atoms with Crippen LogP contribution in [-0.2, 0) is 4.79 Å². The van der Waals surface area contributed by atoms with E-state index in [1.165, 1.54) is 0 Å². The van der Waals surface area contributed by atoms with Gasteiger partial charge in [-0.3, -0.25) is 4.79 Å². The standard InChI is InChI=1S/C16H22N2O2/c1-13-4-2-3-5-14(13)18-12-16(10-15(18)20)6-7-17(11-16)8-9-19/h2-5,19H,6-12H2,1H3. The van der Waals surface area contributed by atoms with Crippen LogP contribution in [0.3, 0.4) is 0 Å². The fourth-order valence-electron chi connectivity index (χ4n) is 3.61. The van der Waals surface area contributed by atoms with E-state index in [9.17, 15) is 4.79 Å². The Morgan fingerprint density at radius 3 is 2.85 bits per heavy atom.